The second-order valence-corrected chi connectivity index (χ2v) is 16.9. The standard InChI is InChI=1S/C41H62N6O10/c1-8-15-28(35(51)38(54)43-23-32(49)44-29(36(42)52)22-33(50)57-41(5,6)7)45-37(53)30-21-27(56-40(2,3)4)24-47(30)39(55)34(26-18-13-10-14-19-26)46-31(48)20-25-16-11-9-12-17-25/h9,11-12,16-17,26-30,34H,8,10,13-15,18-24H2,1-7H3,(H2,42,52)(H,43,54)(H,44,49)(H,45,53)(H,46,48)/t27-,28?,29-,30+,34+/m1/s1. The molecule has 316 valence electrons. The van der Waals surface area contributed by atoms with Crippen LogP contribution in [0, 0.1) is 5.92 Å². The van der Waals surface area contributed by atoms with E-state index in [1.165, 1.54) is 4.90 Å². The molecule has 1 aromatic carbocycles. The van der Waals surface area contributed by atoms with Crippen LogP contribution in [0.15, 0.2) is 30.3 Å². The van der Waals surface area contributed by atoms with Crippen LogP contribution in [-0.2, 0) is 54.3 Å². The number of nitrogens with two attached hydrogens (primary N) is 1. The van der Waals surface area contributed by atoms with E-state index in [1.807, 2.05) is 51.1 Å². The Bertz CT molecular complexity index is 1600. The number of primary amides is 1. The summed E-state index contributed by atoms with van der Waals surface area (Å²) in [5, 5.41) is 10.1. The Hall–Kier alpha value is -4.86. The molecular weight excluding hydrogens is 736 g/mol. The SMILES string of the molecule is CCCC(NC(=O)[C@@H]1C[C@@H](OC(C)(C)C)CN1C(=O)[C@@H](NC(=O)Cc1ccccc1)C1CCCCC1)C(=O)C(=O)NCC(=O)N[C@H](CC(=O)OC(C)(C)C)C(N)=O. The van der Waals surface area contributed by atoms with Crippen LogP contribution in [0.2, 0.25) is 0 Å². The third kappa shape index (κ3) is 15.5. The quantitative estimate of drug-likeness (QED) is 0.107. The predicted octanol–water partition coefficient (Wildman–Crippen LogP) is 1.75. The highest BCUT2D eigenvalue weighted by Crippen LogP contribution is 2.31. The molecule has 16 heteroatoms. The van der Waals surface area contributed by atoms with Crippen molar-refractivity contribution >= 4 is 47.2 Å². The zero-order chi connectivity index (χ0) is 42.5. The van der Waals surface area contributed by atoms with Gasteiger partial charge < -0.3 is 41.4 Å². The molecule has 1 aliphatic heterocycles. The Kier molecular flexibility index (Phi) is 17.2. The molecule has 6 amide bonds. The van der Waals surface area contributed by atoms with Crippen LogP contribution >= 0.6 is 0 Å². The van der Waals surface area contributed by atoms with Crippen LogP contribution in [0.5, 0.6) is 0 Å². The molecule has 0 spiro atoms. The largest absolute Gasteiger partial charge is 0.460 e. The number of hydrogen-bond donors (Lipinski definition) is 5. The number of nitrogens with one attached hydrogen (secondary N) is 4. The van der Waals surface area contributed by atoms with Crippen molar-refractivity contribution < 1.29 is 47.8 Å². The highest BCUT2D eigenvalue weighted by Gasteiger charge is 2.46. The number of ketones is 1. The van der Waals surface area contributed by atoms with Crippen LogP contribution < -0.4 is 27.0 Å². The monoisotopic (exact) mass is 798 g/mol. The Morgan fingerprint density at radius 3 is 2.07 bits per heavy atom. The molecule has 1 heterocycles. The summed E-state index contributed by atoms with van der Waals surface area (Å²) in [7, 11) is 0. The first-order valence-corrected chi connectivity index (χ1v) is 19.9. The third-order valence-electron chi connectivity index (χ3n) is 9.59. The van der Waals surface area contributed by atoms with Crippen molar-refractivity contribution in [2.75, 3.05) is 13.1 Å². The second-order valence-electron chi connectivity index (χ2n) is 16.9. The summed E-state index contributed by atoms with van der Waals surface area (Å²) >= 11 is 0. The molecule has 1 aliphatic carbocycles. The van der Waals surface area contributed by atoms with E-state index in [-0.39, 0.29) is 37.6 Å². The molecule has 1 saturated carbocycles. The van der Waals surface area contributed by atoms with Gasteiger partial charge in [0, 0.05) is 13.0 Å². The fraction of sp³-hybridized carbons (Fsp3) is 0.659. The van der Waals surface area contributed by atoms with Crippen molar-refractivity contribution in [3.63, 3.8) is 0 Å². The van der Waals surface area contributed by atoms with Gasteiger partial charge in [0.05, 0.1) is 37.1 Å². The molecular formula is C41H62N6O10. The van der Waals surface area contributed by atoms with Gasteiger partial charge in [0.2, 0.25) is 35.3 Å². The molecule has 57 heavy (non-hydrogen) atoms. The molecule has 1 saturated heterocycles. The topological polar surface area (TPSA) is 232 Å². The molecule has 1 unspecified atom stereocenters. The van der Waals surface area contributed by atoms with Gasteiger partial charge in [0.1, 0.15) is 23.7 Å². The lowest BCUT2D eigenvalue weighted by atomic mass is 9.83. The fourth-order valence-electron chi connectivity index (χ4n) is 7.16. The zero-order valence-electron chi connectivity index (χ0n) is 34.4. The van der Waals surface area contributed by atoms with Gasteiger partial charge in [0.15, 0.2) is 0 Å². The zero-order valence-corrected chi connectivity index (χ0v) is 34.4. The summed E-state index contributed by atoms with van der Waals surface area (Å²) in [6.45, 7) is 11.6. The molecule has 1 aromatic rings. The van der Waals surface area contributed by atoms with Gasteiger partial charge in [-0.05, 0) is 72.3 Å². The van der Waals surface area contributed by atoms with E-state index in [1.54, 1.807) is 27.7 Å². The average molecular weight is 799 g/mol. The maximum atomic E-state index is 14.6. The molecule has 6 N–H and O–H groups in total. The Morgan fingerprint density at radius 2 is 1.49 bits per heavy atom. The highest BCUT2D eigenvalue weighted by molar-refractivity contribution is 6.38. The van der Waals surface area contributed by atoms with E-state index in [0.717, 1.165) is 37.7 Å². The Morgan fingerprint density at radius 1 is 0.842 bits per heavy atom. The van der Waals surface area contributed by atoms with Gasteiger partial charge in [-0.2, -0.15) is 0 Å². The fourth-order valence-corrected chi connectivity index (χ4v) is 7.16. The number of carbonyl (C=O) groups is 8. The summed E-state index contributed by atoms with van der Waals surface area (Å²) in [5.41, 5.74) is 4.71. The van der Waals surface area contributed by atoms with Gasteiger partial charge in [-0.1, -0.05) is 62.9 Å². The predicted molar refractivity (Wildman–Crippen MR) is 210 cm³/mol. The van der Waals surface area contributed by atoms with Crippen LogP contribution in [0.4, 0.5) is 0 Å². The van der Waals surface area contributed by atoms with E-state index < -0.39 is 95.7 Å². The molecule has 0 aromatic heterocycles. The smallest absolute Gasteiger partial charge is 0.308 e. The maximum absolute atomic E-state index is 14.6. The van der Waals surface area contributed by atoms with E-state index in [4.69, 9.17) is 15.2 Å². The lowest BCUT2D eigenvalue weighted by Crippen LogP contribution is -2.58. The van der Waals surface area contributed by atoms with Crippen LogP contribution in [-0.4, -0.2) is 107 Å². The minimum atomic E-state index is -1.43. The molecule has 3 rings (SSSR count). The van der Waals surface area contributed by atoms with Crippen LogP contribution in [0.25, 0.3) is 0 Å². The number of hydrogen-bond acceptors (Lipinski definition) is 10. The highest BCUT2D eigenvalue weighted by atomic mass is 16.6. The number of likely N-dealkylation sites (tertiary alicyclic amines) is 1. The first-order valence-electron chi connectivity index (χ1n) is 19.9. The van der Waals surface area contributed by atoms with E-state index in [2.05, 4.69) is 21.3 Å². The van der Waals surface area contributed by atoms with Gasteiger partial charge in [-0.25, -0.2) is 0 Å². The molecule has 2 aliphatic rings. The third-order valence-corrected chi connectivity index (χ3v) is 9.59. The van der Waals surface area contributed by atoms with Gasteiger partial charge in [-0.15, -0.1) is 0 Å². The van der Waals surface area contributed by atoms with E-state index >= 15 is 0 Å². The van der Waals surface area contributed by atoms with Crippen molar-refractivity contribution in [2.45, 2.75) is 154 Å². The number of nitrogens with zero attached hydrogens (tertiary/aromatic N) is 1. The number of benzene rings is 1. The average Bonchev–Trinajstić information content (AvgIpc) is 3.54. The van der Waals surface area contributed by atoms with Gasteiger partial charge in [-0.3, -0.25) is 38.4 Å². The minimum absolute atomic E-state index is 0.0760. The van der Waals surface area contributed by atoms with Crippen molar-refractivity contribution in [1.29, 1.82) is 0 Å². The maximum Gasteiger partial charge on any atom is 0.308 e. The minimum Gasteiger partial charge on any atom is -0.460 e. The van der Waals surface area contributed by atoms with Crippen LogP contribution in [0.1, 0.15) is 112 Å². The number of Topliss-reactive ketones (excluding diaryl/α,β-unsaturated/α-hetero) is 1. The molecule has 2 fully saturated rings. The van der Waals surface area contributed by atoms with Crippen molar-refractivity contribution in [1.82, 2.24) is 26.2 Å². The first kappa shape index (κ1) is 46.5. The Balaban J connectivity index is 1.75. The number of rotatable bonds is 18. The van der Waals surface area contributed by atoms with Crippen molar-refractivity contribution in [3.05, 3.63) is 35.9 Å². The number of amides is 6. The van der Waals surface area contributed by atoms with Gasteiger partial charge >= 0.3 is 5.97 Å². The lowest BCUT2D eigenvalue weighted by molar-refractivity contribution is -0.156. The summed E-state index contributed by atoms with van der Waals surface area (Å²) < 4.78 is 11.4. The number of esters is 1. The molecule has 0 radical (unpaired) electrons. The molecule has 16 nitrogen and oxygen atoms in total. The Labute approximate surface area is 335 Å². The van der Waals surface area contributed by atoms with Crippen LogP contribution in [0.3, 0.4) is 0 Å². The first-order chi connectivity index (χ1) is 26.7. The summed E-state index contributed by atoms with van der Waals surface area (Å²) in [4.78, 5) is 107. The van der Waals surface area contributed by atoms with E-state index in [9.17, 15) is 38.4 Å². The van der Waals surface area contributed by atoms with Gasteiger partial charge in [0.25, 0.3) is 5.91 Å². The van der Waals surface area contributed by atoms with Crippen molar-refractivity contribution in [2.24, 2.45) is 11.7 Å². The van der Waals surface area contributed by atoms with E-state index in [0.29, 0.717) is 6.42 Å². The number of carbonyl (C=O) groups excluding carboxylic acids is 8. The summed E-state index contributed by atoms with van der Waals surface area (Å²) in [6.07, 6.45) is 3.92. The number of ether oxygens (including phenoxy) is 2. The summed E-state index contributed by atoms with van der Waals surface area (Å²) in [5.74, 6) is -6.39. The molecule has 5 atom stereocenters. The van der Waals surface area contributed by atoms with Crippen molar-refractivity contribution in [3.8, 4) is 0 Å². The normalized spacial score (nSPS) is 19.0. The lowest BCUT2D eigenvalue weighted by Gasteiger charge is -2.35. The molecule has 0 bridgehead atoms. The summed E-state index contributed by atoms with van der Waals surface area (Å²) in [6, 6.07) is 4.53. The second kappa shape index (κ2) is 21.1.